The number of aromatic nitrogens is 2. The molecule has 2 rings (SSSR count). The molecule has 1 aromatic carbocycles. The average Bonchev–Trinajstić information content (AvgIpc) is 2.66. The van der Waals surface area contributed by atoms with Crippen LogP contribution in [0.1, 0.15) is 31.8 Å². The number of aliphatic hydroxyl groups excluding tert-OH is 1. The van der Waals surface area contributed by atoms with E-state index in [-0.39, 0.29) is 12.6 Å². The van der Waals surface area contributed by atoms with E-state index in [0.717, 1.165) is 21.3 Å². The highest BCUT2D eigenvalue weighted by Crippen LogP contribution is 2.26. The van der Waals surface area contributed by atoms with Gasteiger partial charge in [0.15, 0.2) is 0 Å². The van der Waals surface area contributed by atoms with Gasteiger partial charge in [-0.15, -0.1) is 0 Å². The average molecular weight is 298 g/mol. The number of halogens is 1. The fourth-order valence-corrected chi connectivity index (χ4v) is 2.33. The number of hydrogen-bond donors (Lipinski definition) is 2. The van der Waals surface area contributed by atoms with Gasteiger partial charge in [0.05, 0.1) is 23.7 Å². The van der Waals surface area contributed by atoms with Gasteiger partial charge >= 0.3 is 0 Å². The minimum atomic E-state index is -0.441. The van der Waals surface area contributed by atoms with Crippen LogP contribution in [0.2, 0.25) is 0 Å². The lowest BCUT2D eigenvalue weighted by Crippen LogP contribution is -2.20. The molecule has 3 N–H and O–H groups in total. The van der Waals surface area contributed by atoms with Crippen LogP contribution in [-0.4, -0.2) is 21.3 Å². The van der Waals surface area contributed by atoms with Crippen molar-refractivity contribution in [3.05, 3.63) is 28.5 Å². The Hall–Kier alpha value is -0.910. The Bertz CT molecular complexity index is 536. The normalized spacial score (nSPS) is 13.5. The van der Waals surface area contributed by atoms with Crippen molar-refractivity contribution in [3.8, 4) is 0 Å². The summed E-state index contributed by atoms with van der Waals surface area (Å²) in [7, 11) is 0. The molecule has 92 valence electrons. The van der Waals surface area contributed by atoms with E-state index in [1.807, 2.05) is 18.2 Å². The van der Waals surface area contributed by atoms with Crippen molar-refractivity contribution in [1.82, 2.24) is 9.55 Å². The minimum Gasteiger partial charge on any atom is -0.394 e. The number of aliphatic hydroxyl groups is 1. The van der Waals surface area contributed by atoms with Crippen molar-refractivity contribution in [2.45, 2.75) is 25.9 Å². The molecular formula is C12H16BrN3O. The lowest BCUT2D eigenvalue weighted by Gasteiger charge is -2.16. The van der Waals surface area contributed by atoms with Crippen molar-refractivity contribution < 1.29 is 5.11 Å². The van der Waals surface area contributed by atoms with E-state index in [4.69, 9.17) is 5.73 Å². The van der Waals surface area contributed by atoms with Gasteiger partial charge in [-0.05, 0) is 32.0 Å². The molecule has 1 unspecified atom stereocenters. The van der Waals surface area contributed by atoms with Gasteiger partial charge in [0.2, 0.25) is 0 Å². The van der Waals surface area contributed by atoms with Crippen LogP contribution in [0.25, 0.3) is 11.0 Å². The van der Waals surface area contributed by atoms with Gasteiger partial charge in [-0.2, -0.15) is 0 Å². The van der Waals surface area contributed by atoms with Gasteiger partial charge in [0.1, 0.15) is 5.82 Å². The molecule has 5 heteroatoms. The first-order valence-corrected chi connectivity index (χ1v) is 6.37. The number of fused-ring (bicyclic) bond motifs is 1. The van der Waals surface area contributed by atoms with E-state index >= 15 is 0 Å². The zero-order chi connectivity index (χ0) is 12.6. The monoisotopic (exact) mass is 297 g/mol. The van der Waals surface area contributed by atoms with Crippen LogP contribution < -0.4 is 5.73 Å². The summed E-state index contributed by atoms with van der Waals surface area (Å²) >= 11 is 3.43. The summed E-state index contributed by atoms with van der Waals surface area (Å²) in [6, 6.07) is 5.77. The Morgan fingerprint density at radius 3 is 2.76 bits per heavy atom. The van der Waals surface area contributed by atoms with Crippen LogP contribution in [-0.2, 0) is 0 Å². The third kappa shape index (κ3) is 2.22. The van der Waals surface area contributed by atoms with Crippen LogP contribution in [0.3, 0.4) is 0 Å². The maximum Gasteiger partial charge on any atom is 0.129 e. The lowest BCUT2D eigenvalue weighted by molar-refractivity contribution is 0.260. The number of hydrogen-bond acceptors (Lipinski definition) is 3. The number of benzene rings is 1. The second kappa shape index (κ2) is 4.76. The molecule has 0 amide bonds. The predicted octanol–water partition coefficient (Wildman–Crippen LogP) is 2.37. The van der Waals surface area contributed by atoms with Gasteiger partial charge in [0, 0.05) is 10.5 Å². The van der Waals surface area contributed by atoms with Crippen molar-refractivity contribution in [2.24, 2.45) is 5.73 Å². The molecule has 17 heavy (non-hydrogen) atoms. The molecular weight excluding hydrogens is 282 g/mol. The van der Waals surface area contributed by atoms with E-state index in [2.05, 4.69) is 39.3 Å². The smallest absolute Gasteiger partial charge is 0.129 e. The number of imidazole rings is 1. The van der Waals surface area contributed by atoms with Gasteiger partial charge in [-0.3, -0.25) is 0 Å². The zero-order valence-electron chi connectivity index (χ0n) is 9.89. The Labute approximate surface area is 109 Å². The van der Waals surface area contributed by atoms with Crippen molar-refractivity contribution in [2.75, 3.05) is 6.61 Å². The number of rotatable bonds is 3. The summed E-state index contributed by atoms with van der Waals surface area (Å²) in [5, 5.41) is 9.19. The van der Waals surface area contributed by atoms with Crippen LogP contribution in [0.4, 0.5) is 0 Å². The highest BCUT2D eigenvalue weighted by Gasteiger charge is 2.18. The molecule has 1 aromatic heterocycles. The van der Waals surface area contributed by atoms with Gasteiger partial charge in [-0.25, -0.2) is 4.98 Å². The fourth-order valence-electron chi connectivity index (χ4n) is 1.98. The summed E-state index contributed by atoms with van der Waals surface area (Å²) in [6.45, 7) is 4.06. The maximum atomic E-state index is 9.19. The highest BCUT2D eigenvalue weighted by molar-refractivity contribution is 9.10. The molecule has 2 aromatic rings. The lowest BCUT2D eigenvalue weighted by atomic mass is 10.2. The third-order valence-electron chi connectivity index (χ3n) is 2.72. The summed E-state index contributed by atoms with van der Waals surface area (Å²) in [5.74, 6) is 0.732. The first kappa shape index (κ1) is 12.5. The molecule has 0 saturated heterocycles. The summed E-state index contributed by atoms with van der Waals surface area (Å²) in [4.78, 5) is 4.51. The largest absolute Gasteiger partial charge is 0.394 e. The molecule has 0 aliphatic rings. The molecule has 0 saturated carbocycles. The van der Waals surface area contributed by atoms with Crippen molar-refractivity contribution in [3.63, 3.8) is 0 Å². The summed E-state index contributed by atoms with van der Waals surface area (Å²) in [5.41, 5.74) is 7.83. The number of nitrogens with zero attached hydrogens (tertiary/aromatic N) is 2. The molecule has 0 spiro atoms. The fraction of sp³-hybridized carbons (Fsp3) is 0.417. The molecule has 4 nitrogen and oxygen atoms in total. The van der Waals surface area contributed by atoms with E-state index in [1.165, 1.54) is 0 Å². The van der Waals surface area contributed by atoms with Crippen molar-refractivity contribution in [1.29, 1.82) is 0 Å². The van der Waals surface area contributed by atoms with E-state index in [0.29, 0.717) is 0 Å². The molecule has 1 heterocycles. The first-order chi connectivity index (χ1) is 8.04. The van der Waals surface area contributed by atoms with Crippen molar-refractivity contribution >= 4 is 27.0 Å². The molecule has 0 aliphatic carbocycles. The SMILES string of the molecule is CC(C)n1c(C(N)CO)nc2cc(Br)ccc21. The van der Waals surface area contributed by atoms with E-state index in [9.17, 15) is 5.11 Å². The summed E-state index contributed by atoms with van der Waals surface area (Å²) in [6.07, 6.45) is 0. The topological polar surface area (TPSA) is 64.1 Å². The molecule has 0 bridgehead atoms. The summed E-state index contributed by atoms with van der Waals surface area (Å²) < 4.78 is 3.06. The highest BCUT2D eigenvalue weighted by atomic mass is 79.9. The van der Waals surface area contributed by atoms with Crippen LogP contribution in [0, 0.1) is 0 Å². The Kier molecular flexibility index (Phi) is 3.51. The zero-order valence-corrected chi connectivity index (χ0v) is 11.5. The molecule has 1 atom stereocenters. The van der Waals surface area contributed by atoms with E-state index < -0.39 is 6.04 Å². The van der Waals surface area contributed by atoms with Gasteiger partial charge in [-0.1, -0.05) is 15.9 Å². The van der Waals surface area contributed by atoms with Crippen LogP contribution in [0.5, 0.6) is 0 Å². The van der Waals surface area contributed by atoms with Crippen LogP contribution >= 0.6 is 15.9 Å². The third-order valence-corrected chi connectivity index (χ3v) is 3.22. The maximum absolute atomic E-state index is 9.19. The number of nitrogens with two attached hydrogens (primary N) is 1. The molecule has 0 fully saturated rings. The van der Waals surface area contributed by atoms with Crippen LogP contribution in [0.15, 0.2) is 22.7 Å². The van der Waals surface area contributed by atoms with E-state index in [1.54, 1.807) is 0 Å². The molecule has 0 radical (unpaired) electrons. The first-order valence-electron chi connectivity index (χ1n) is 5.58. The molecule has 0 aliphatic heterocycles. The Morgan fingerprint density at radius 2 is 2.18 bits per heavy atom. The second-order valence-electron chi connectivity index (χ2n) is 4.36. The second-order valence-corrected chi connectivity index (χ2v) is 5.27. The Balaban J connectivity index is 2.70. The Morgan fingerprint density at radius 1 is 1.47 bits per heavy atom. The van der Waals surface area contributed by atoms with Gasteiger partial charge < -0.3 is 15.4 Å². The van der Waals surface area contributed by atoms with Gasteiger partial charge in [0.25, 0.3) is 0 Å². The standard InChI is InChI=1S/C12H16BrN3O/c1-7(2)16-11-4-3-8(13)5-10(11)15-12(16)9(14)6-17/h3-5,7,9,17H,6,14H2,1-2H3. The predicted molar refractivity (Wildman–Crippen MR) is 71.8 cm³/mol. The minimum absolute atomic E-state index is 0.1000. The quantitative estimate of drug-likeness (QED) is 0.914.